The smallest absolute Gasteiger partial charge is 0.252 e. The highest BCUT2D eigenvalue weighted by Crippen LogP contribution is 2.33. The average molecular weight is 469 g/mol. The minimum Gasteiger partial charge on any atom is -0.348 e. The number of sulfonamides is 1. The first kappa shape index (κ1) is 22.8. The van der Waals surface area contributed by atoms with Gasteiger partial charge in [-0.1, -0.05) is 30.3 Å². The third-order valence-corrected chi connectivity index (χ3v) is 10.0. The molecule has 0 radical (unpaired) electrons. The molecule has 1 aliphatic heterocycles. The van der Waals surface area contributed by atoms with Crippen LogP contribution in [0.15, 0.2) is 58.3 Å². The van der Waals surface area contributed by atoms with Gasteiger partial charge in [-0.05, 0) is 30.2 Å². The first-order valence-corrected chi connectivity index (χ1v) is 13.5. The van der Waals surface area contributed by atoms with Crippen LogP contribution in [-0.2, 0) is 26.4 Å². The highest BCUT2D eigenvalue weighted by Gasteiger charge is 2.29. The lowest BCUT2D eigenvalue weighted by Crippen LogP contribution is -2.27. The molecular formula is C20H24N2O5S3. The molecule has 1 N–H and O–H groups in total. The molecule has 1 unspecified atom stereocenters. The summed E-state index contributed by atoms with van der Waals surface area (Å²) in [6, 6.07) is 13.6. The van der Waals surface area contributed by atoms with Crippen molar-refractivity contribution < 1.29 is 21.6 Å². The van der Waals surface area contributed by atoms with Crippen LogP contribution in [0.25, 0.3) is 0 Å². The molecule has 3 rings (SSSR count). The van der Waals surface area contributed by atoms with Gasteiger partial charge in [0.2, 0.25) is 10.0 Å². The van der Waals surface area contributed by atoms with E-state index in [2.05, 4.69) is 5.32 Å². The molecule has 1 atom stereocenters. The second-order valence-electron chi connectivity index (χ2n) is 7.22. The van der Waals surface area contributed by atoms with Crippen LogP contribution in [0, 0.1) is 0 Å². The van der Waals surface area contributed by atoms with Crippen LogP contribution >= 0.6 is 11.8 Å². The Morgan fingerprint density at radius 2 is 1.80 bits per heavy atom. The predicted octanol–water partition coefficient (Wildman–Crippen LogP) is 2.15. The standard InChI is InChI=1S/C20H24N2O5S3/c1-22(2)30(26,27)19-10-6-3-7-15(19)13-21-20(23)17-8-4-5-9-18(17)28-16-11-12-29(24,25)14-16/h3-10,16H,11-14H2,1-2H3,(H,21,23). The number of nitrogens with one attached hydrogen (secondary N) is 1. The van der Waals surface area contributed by atoms with Crippen LogP contribution in [0.3, 0.4) is 0 Å². The molecule has 2 aromatic rings. The Kier molecular flexibility index (Phi) is 6.91. The summed E-state index contributed by atoms with van der Waals surface area (Å²) in [7, 11) is -3.72. The van der Waals surface area contributed by atoms with Crippen LogP contribution in [-0.4, -0.2) is 57.9 Å². The molecule has 0 saturated carbocycles. The van der Waals surface area contributed by atoms with Crippen molar-refractivity contribution in [2.45, 2.75) is 28.0 Å². The minimum atomic E-state index is -3.63. The van der Waals surface area contributed by atoms with Crippen LogP contribution in [0.4, 0.5) is 0 Å². The number of hydrogen-bond donors (Lipinski definition) is 1. The van der Waals surface area contributed by atoms with E-state index in [0.29, 0.717) is 22.4 Å². The van der Waals surface area contributed by atoms with Gasteiger partial charge in [-0.15, -0.1) is 11.8 Å². The quantitative estimate of drug-likeness (QED) is 0.668. The summed E-state index contributed by atoms with van der Waals surface area (Å²) in [5.41, 5.74) is 0.936. The molecule has 7 nitrogen and oxygen atoms in total. The van der Waals surface area contributed by atoms with E-state index in [0.717, 1.165) is 4.31 Å². The fraction of sp³-hybridized carbons (Fsp3) is 0.350. The fourth-order valence-electron chi connectivity index (χ4n) is 3.16. The van der Waals surface area contributed by atoms with Crippen molar-refractivity contribution in [2.24, 2.45) is 0 Å². The number of amides is 1. The molecule has 30 heavy (non-hydrogen) atoms. The normalized spacial score (nSPS) is 18.4. The zero-order valence-electron chi connectivity index (χ0n) is 16.7. The molecular weight excluding hydrogens is 444 g/mol. The maximum absolute atomic E-state index is 12.8. The zero-order chi connectivity index (χ0) is 21.9. The predicted molar refractivity (Wildman–Crippen MR) is 118 cm³/mol. The van der Waals surface area contributed by atoms with Gasteiger partial charge in [0.1, 0.15) is 0 Å². The SMILES string of the molecule is CN(C)S(=O)(=O)c1ccccc1CNC(=O)c1ccccc1SC1CCS(=O)(=O)C1. The van der Waals surface area contributed by atoms with Gasteiger partial charge in [0.05, 0.1) is 22.0 Å². The number of benzene rings is 2. The molecule has 10 heteroatoms. The lowest BCUT2D eigenvalue weighted by Gasteiger charge is -2.16. The average Bonchev–Trinajstić information content (AvgIpc) is 3.04. The fourth-order valence-corrected chi connectivity index (χ4v) is 7.90. The topological polar surface area (TPSA) is 101 Å². The van der Waals surface area contributed by atoms with Gasteiger partial charge in [0.15, 0.2) is 9.84 Å². The van der Waals surface area contributed by atoms with Crippen molar-refractivity contribution >= 4 is 37.5 Å². The van der Waals surface area contributed by atoms with E-state index in [1.807, 2.05) is 6.07 Å². The summed E-state index contributed by atoms with van der Waals surface area (Å²) < 4.78 is 49.6. The summed E-state index contributed by atoms with van der Waals surface area (Å²) in [6.45, 7) is 0.0544. The van der Waals surface area contributed by atoms with Crippen LogP contribution in [0.5, 0.6) is 0 Å². The number of nitrogens with zero attached hydrogens (tertiary/aromatic N) is 1. The molecule has 1 fully saturated rings. The van der Waals surface area contributed by atoms with Gasteiger partial charge in [0.25, 0.3) is 5.91 Å². The monoisotopic (exact) mass is 468 g/mol. The Morgan fingerprint density at radius 3 is 2.47 bits per heavy atom. The zero-order valence-corrected chi connectivity index (χ0v) is 19.2. The molecule has 0 aromatic heterocycles. The summed E-state index contributed by atoms with van der Waals surface area (Å²) in [5, 5.41) is 2.72. The number of rotatable bonds is 7. The van der Waals surface area contributed by atoms with Crippen molar-refractivity contribution in [1.82, 2.24) is 9.62 Å². The largest absolute Gasteiger partial charge is 0.348 e. The number of hydrogen-bond acceptors (Lipinski definition) is 6. The van der Waals surface area contributed by atoms with Gasteiger partial charge >= 0.3 is 0 Å². The second kappa shape index (κ2) is 9.09. The van der Waals surface area contributed by atoms with E-state index in [4.69, 9.17) is 0 Å². The van der Waals surface area contributed by atoms with Gasteiger partial charge in [-0.25, -0.2) is 21.1 Å². The molecule has 2 aromatic carbocycles. The first-order valence-electron chi connectivity index (χ1n) is 9.35. The van der Waals surface area contributed by atoms with E-state index in [1.54, 1.807) is 36.4 Å². The Morgan fingerprint density at radius 1 is 1.13 bits per heavy atom. The molecule has 1 heterocycles. The van der Waals surface area contributed by atoms with E-state index in [9.17, 15) is 21.6 Å². The Bertz CT molecular complexity index is 1140. The first-order chi connectivity index (χ1) is 14.1. The Balaban J connectivity index is 1.76. The van der Waals surface area contributed by atoms with Crippen LogP contribution in [0.2, 0.25) is 0 Å². The molecule has 162 valence electrons. The second-order valence-corrected chi connectivity index (χ2v) is 12.9. The molecule has 1 amide bonds. The number of thioether (sulfide) groups is 1. The van der Waals surface area contributed by atoms with Crippen molar-refractivity contribution in [3.63, 3.8) is 0 Å². The lowest BCUT2D eigenvalue weighted by molar-refractivity contribution is 0.0947. The molecule has 0 aliphatic carbocycles. The Hall–Kier alpha value is -1.88. The van der Waals surface area contributed by atoms with Crippen molar-refractivity contribution in [2.75, 3.05) is 25.6 Å². The van der Waals surface area contributed by atoms with E-state index >= 15 is 0 Å². The highest BCUT2D eigenvalue weighted by molar-refractivity contribution is 8.02. The maximum atomic E-state index is 12.8. The maximum Gasteiger partial charge on any atom is 0.252 e. The summed E-state index contributed by atoms with van der Waals surface area (Å²) in [4.78, 5) is 13.7. The molecule has 1 saturated heterocycles. The van der Waals surface area contributed by atoms with Gasteiger partial charge in [-0.3, -0.25) is 4.79 Å². The van der Waals surface area contributed by atoms with Gasteiger partial charge in [0, 0.05) is 30.8 Å². The lowest BCUT2D eigenvalue weighted by atomic mass is 10.2. The van der Waals surface area contributed by atoms with Gasteiger partial charge < -0.3 is 5.32 Å². The Labute approximate surface area is 181 Å². The van der Waals surface area contributed by atoms with Crippen LogP contribution < -0.4 is 5.32 Å². The summed E-state index contributed by atoms with van der Waals surface area (Å²) in [6.07, 6.45) is 0.568. The highest BCUT2D eigenvalue weighted by atomic mass is 32.2. The summed E-state index contributed by atoms with van der Waals surface area (Å²) in [5.74, 6) is -0.0458. The van der Waals surface area contributed by atoms with E-state index in [1.165, 1.54) is 31.9 Å². The third kappa shape index (κ3) is 5.23. The van der Waals surface area contributed by atoms with Crippen molar-refractivity contribution in [3.8, 4) is 0 Å². The van der Waals surface area contributed by atoms with E-state index in [-0.39, 0.29) is 34.1 Å². The molecule has 0 spiro atoms. The number of carbonyl (C=O) groups is 1. The van der Waals surface area contributed by atoms with Crippen molar-refractivity contribution in [3.05, 3.63) is 59.7 Å². The van der Waals surface area contributed by atoms with Crippen molar-refractivity contribution in [1.29, 1.82) is 0 Å². The molecule has 1 aliphatic rings. The number of carbonyl (C=O) groups excluding carboxylic acids is 1. The number of sulfone groups is 1. The van der Waals surface area contributed by atoms with Crippen LogP contribution in [0.1, 0.15) is 22.3 Å². The third-order valence-electron chi connectivity index (χ3n) is 4.79. The summed E-state index contributed by atoms with van der Waals surface area (Å²) >= 11 is 1.40. The van der Waals surface area contributed by atoms with E-state index < -0.39 is 19.9 Å². The molecule has 0 bridgehead atoms. The van der Waals surface area contributed by atoms with Gasteiger partial charge in [-0.2, -0.15) is 0 Å². The minimum absolute atomic E-state index is 0.0544.